The third-order valence-electron chi connectivity index (χ3n) is 5.40. The molecule has 2 heterocycles. The van der Waals surface area contributed by atoms with Crippen molar-refractivity contribution in [2.45, 2.75) is 32.4 Å². The zero-order valence-electron chi connectivity index (χ0n) is 17.6. The summed E-state index contributed by atoms with van der Waals surface area (Å²) >= 11 is 0. The molecule has 1 aliphatic heterocycles. The molecule has 1 aromatic heterocycles. The highest BCUT2D eigenvalue weighted by atomic mass is 16.5. The molecule has 2 aromatic carbocycles. The molecule has 3 aromatic rings. The summed E-state index contributed by atoms with van der Waals surface area (Å²) in [6.45, 7) is 4.28. The Kier molecular flexibility index (Phi) is 6.18. The van der Waals surface area contributed by atoms with E-state index in [1.165, 1.54) is 5.56 Å². The van der Waals surface area contributed by atoms with Crippen LogP contribution in [0.2, 0.25) is 0 Å². The third-order valence-corrected chi connectivity index (χ3v) is 5.40. The SMILES string of the molecule is CCOc1ccc(C2CCCN2Cc2nc(-c3ccc(OC)cc3OC)no2)cc1. The Bertz CT molecular complexity index is 971. The van der Waals surface area contributed by atoms with Crippen LogP contribution in [-0.4, -0.2) is 42.4 Å². The fourth-order valence-electron chi connectivity index (χ4n) is 3.93. The minimum absolute atomic E-state index is 0.339. The standard InChI is InChI=1S/C23H27N3O4/c1-4-29-17-9-7-16(8-10-17)20-6-5-13-26(20)15-22-24-23(25-30-22)19-12-11-18(27-2)14-21(19)28-3/h7-12,14,20H,4-6,13,15H2,1-3H3. The van der Waals surface area contributed by atoms with Crippen molar-refractivity contribution in [1.29, 1.82) is 0 Å². The smallest absolute Gasteiger partial charge is 0.241 e. The molecule has 0 radical (unpaired) electrons. The first-order valence-corrected chi connectivity index (χ1v) is 10.2. The van der Waals surface area contributed by atoms with Crippen molar-refractivity contribution in [3.05, 3.63) is 53.9 Å². The molecule has 0 aliphatic carbocycles. The van der Waals surface area contributed by atoms with E-state index in [1.807, 2.05) is 37.3 Å². The van der Waals surface area contributed by atoms with Gasteiger partial charge in [0.25, 0.3) is 0 Å². The van der Waals surface area contributed by atoms with Gasteiger partial charge < -0.3 is 18.7 Å². The molecule has 1 fully saturated rings. The van der Waals surface area contributed by atoms with E-state index in [2.05, 4.69) is 27.2 Å². The van der Waals surface area contributed by atoms with Gasteiger partial charge >= 0.3 is 0 Å². The van der Waals surface area contributed by atoms with Gasteiger partial charge in [-0.3, -0.25) is 4.90 Å². The van der Waals surface area contributed by atoms with Gasteiger partial charge in [-0.2, -0.15) is 4.98 Å². The van der Waals surface area contributed by atoms with Crippen LogP contribution < -0.4 is 14.2 Å². The number of benzene rings is 2. The van der Waals surface area contributed by atoms with Crippen molar-refractivity contribution in [3.63, 3.8) is 0 Å². The number of likely N-dealkylation sites (tertiary alicyclic amines) is 1. The van der Waals surface area contributed by atoms with Gasteiger partial charge in [-0.15, -0.1) is 0 Å². The van der Waals surface area contributed by atoms with Crippen LogP contribution in [0.25, 0.3) is 11.4 Å². The van der Waals surface area contributed by atoms with Gasteiger partial charge in [-0.05, 0) is 56.1 Å². The van der Waals surface area contributed by atoms with Gasteiger partial charge in [0.1, 0.15) is 17.2 Å². The maximum atomic E-state index is 5.56. The molecular weight excluding hydrogens is 382 g/mol. The molecule has 0 amide bonds. The largest absolute Gasteiger partial charge is 0.497 e. The molecule has 0 bridgehead atoms. The Hall–Kier alpha value is -3.06. The van der Waals surface area contributed by atoms with Gasteiger partial charge in [0.15, 0.2) is 0 Å². The number of ether oxygens (including phenoxy) is 3. The third kappa shape index (κ3) is 4.26. The first-order valence-electron chi connectivity index (χ1n) is 10.2. The van der Waals surface area contributed by atoms with E-state index in [0.29, 0.717) is 36.7 Å². The van der Waals surface area contributed by atoms with Crippen LogP contribution >= 0.6 is 0 Å². The molecular formula is C23H27N3O4. The summed E-state index contributed by atoms with van der Waals surface area (Å²) in [5.74, 6) is 3.38. The zero-order valence-corrected chi connectivity index (χ0v) is 17.6. The summed E-state index contributed by atoms with van der Waals surface area (Å²) in [6.07, 6.45) is 2.26. The van der Waals surface area contributed by atoms with Crippen LogP contribution in [0.1, 0.15) is 37.3 Å². The minimum Gasteiger partial charge on any atom is -0.497 e. The van der Waals surface area contributed by atoms with Crippen molar-refractivity contribution in [2.75, 3.05) is 27.4 Å². The Morgan fingerprint density at radius 3 is 2.60 bits per heavy atom. The molecule has 4 rings (SSSR count). The van der Waals surface area contributed by atoms with Gasteiger partial charge in [0.05, 0.1) is 32.9 Å². The minimum atomic E-state index is 0.339. The second-order valence-corrected chi connectivity index (χ2v) is 7.21. The summed E-state index contributed by atoms with van der Waals surface area (Å²) in [6, 6.07) is 14.3. The number of aromatic nitrogens is 2. The van der Waals surface area contributed by atoms with Crippen molar-refractivity contribution >= 4 is 0 Å². The summed E-state index contributed by atoms with van der Waals surface area (Å²) in [5, 5.41) is 4.17. The van der Waals surface area contributed by atoms with E-state index < -0.39 is 0 Å². The molecule has 1 saturated heterocycles. The molecule has 7 heteroatoms. The van der Waals surface area contributed by atoms with Gasteiger partial charge in [0.2, 0.25) is 11.7 Å². The molecule has 0 saturated carbocycles. The van der Waals surface area contributed by atoms with Gasteiger partial charge in [-0.25, -0.2) is 0 Å². The average molecular weight is 409 g/mol. The molecule has 30 heavy (non-hydrogen) atoms. The second-order valence-electron chi connectivity index (χ2n) is 7.21. The summed E-state index contributed by atoms with van der Waals surface area (Å²) in [7, 11) is 3.24. The number of hydrogen-bond acceptors (Lipinski definition) is 7. The normalized spacial score (nSPS) is 16.6. The molecule has 1 unspecified atom stereocenters. The topological polar surface area (TPSA) is 69.9 Å². The molecule has 0 N–H and O–H groups in total. The van der Waals surface area contributed by atoms with E-state index in [0.717, 1.165) is 36.4 Å². The molecule has 1 atom stereocenters. The van der Waals surface area contributed by atoms with Crippen LogP contribution in [-0.2, 0) is 6.54 Å². The summed E-state index contributed by atoms with van der Waals surface area (Å²) in [5.41, 5.74) is 2.06. The maximum Gasteiger partial charge on any atom is 0.241 e. The highest BCUT2D eigenvalue weighted by Gasteiger charge is 2.28. The number of nitrogens with zero attached hydrogens (tertiary/aromatic N) is 3. The van der Waals surface area contributed by atoms with E-state index in [9.17, 15) is 0 Å². The molecule has 1 aliphatic rings. The number of methoxy groups -OCH3 is 2. The van der Waals surface area contributed by atoms with Gasteiger partial charge in [-0.1, -0.05) is 17.3 Å². The Morgan fingerprint density at radius 1 is 1.07 bits per heavy atom. The fraction of sp³-hybridized carbons (Fsp3) is 0.391. The highest BCUT2D eigenvalue weighted by molar-refractivity contribution is 5.65. The quantitative estimate of drug-likeness (QED) is 0.543. The lowest BCUT2D eigenvalue weighted by atomic mass is 10.0. The maximum absolute atomic E-state index is 5.56. The lowest BCUT2D eigenvalue weighted by Crippen LogP contribution is -2.22. The Morgan fingerprint density at radius 2 is 1.87 bits per heavy atom. The van der Waals surface area contributed by atoms with Crippen LogP contribution in [0.3, 0.4) is 0 Å². The second kappa shape index (κ2) is 9.17. The lowest BCUT2D eigenvalue weighted by molar-refractivity contribution is 0.212. The highest BCUT2D eigenvalue weighted by Crippen LogP contribution is 2.35. The lowest BCUT2D eigenvalue weighted by Gasteiger charge is -2.23. The van der Waals surface area contributed by atoms with Crippen molar-refractivity contribution in [2.24, 2.45) is 0 Å². The van der Waals surface area contributed by atoms with E-state index in [4.69, 9.17) is 18.7 Å². The van der Waals surface area contributed by atoms with Crippen LogP contribution in [0.15, 0.2) is 47.0 Å². The molecule has 7 nitrogen and oxygen atoms in total. The number of rotatable bonds is 8. The van der Waals surface area contributed by atoms with Crippen molar-refractivity contribution in [1.82, 2.24) is 15.0 Å². The van der Waals surface area contributed by atoms with Crippen LogP contribution in [0.5, 0.6) is 17.2 Å². The molecule has 158 valence electrons. The fourth-order valence-corrected chi connectivity index (χ4v) is 3.93. The van der Waals surface area contributed by atoms with Crippen molar-refractivity contribution < 1.29 is 18.7 Å². The Labute approximate surface area is 176 Å². The number of hydrogen-bond donors (Lipinski definition) is 0. The van der Waals surface area contributed by atoms with Gasteiger partial charge in [0, 0.05) is 12.1 Å². The summed E-state index contributed by atoms with van der Waals surface area (Å²) in [4.78, 5) is 7.00. The molecule has 0 spiro atoms. The van der Waals surface area contributed by atoms with Crippen molar-refractivity contribution in [3.8, 4) is 28.6 Å². The van der Waals surface area contributed by atoms with E-state index in [-0.39, 0.29) is 0 Å². The predicted molar refractivity (Wildman–Crippen MR) is 113 cm³/mol. The summed E-state index contributed by atoms with van der Waals surface area (Å²) < 4.78 is 21.8. The van der Waals surface area contributed by atoms with Crippen LogP contribution in [0, 0.1) is 0 Å². The van der Waals surface area contributed by atoms with E-state index in [1.54, 1.807) is 14.2 Å². The van der Waals surface area contributed by atoms with Crippen LogP contribution in [0.4, 0.5) is 0 Å². The monoisotopic (exact) mass is 409 g/mol. The first-order chi connectivity index (χ1) is 14.7. The predicted octanol–water partition coefficient (Wildman–Crippen LogP) is 4.49. The zero-order chi connectivity index (χ0) is 20.9. The average Bonchev–Trinajstić information content (AvgIpc) is 3.44. The Balaban J connectivity index is 1.49. The first kappa shape index (κ1) is 20.2. The van der Waals surface area contributed by atoms with E-state index >= 15 is 0 Å².